The predicted octanol–water partition coefficient (Wildman–Crippen LogP) is 4.41. The fraction of sp³-hybridized carbons (Fsp3) is 1.00. The zero-order valence-corrected chi connectivity index (χ0v) is 8.71. The van der Waals surface area contributed by atoms with E-state index in [1.165, 1.54) is 0 Å². The second-order valence-corrected chi connectivity index (χ2v) is 4.17. The average Bonchev–Trinajstić information content (AvgIpc) is 1.74. The number of alkyl halides is 6. The quantitative estimate of drug-likeness (QED) is 0.637. The van der Waals surface area contributed by atoms with Crippen LogP contribution in [-0.2, 0) is 0 Å². The fourth-order valence-corrected chi connectivity index (χ4v) is 1.71. The minimum atomic E-state index is -5.22. The highest BCUT2D eigenvalue weighted by Gasteiger charge is 2.58. The Morgan fingerprint density at radius 2 is 1.13 bits per heavy atom. The molecular weight excluding hydrogens is 222 g/mol. The molecule has 6 heteroatoms. The van der Waals surface area contributed by atoms with Crippen LogP contribution in [0.25, 0.3) is 0 Å². The molecule has 0 aliphatic rings. The van der Waals surface area contributed by atoms with Crippen LogP contribution in [0.5, 0.6) is 0 Å². The SMILES string of the molecule is CC(C)CC(C)C(C(F)(F)F)C(F)(F)F. The lowest BCUT2D eigenvalue weighted by molar-refractivity contribution is -0.298. The summed E-state index contributed by atoms with van der Waals surface area (Å²) < 4.78 is 73.2. The zero-order valence-electron chi connectivity index (χ0n) is 8.71. The van der Waals surface area contributed by atoms with Crippen LogP contribution in [0.4, 0.5) is 26.3 Å². The third-order valence-electron chi connectivity index (χ3n) is 2.12. The molecule has 15 heavy (non-hydrogen) atoms. The van der Waals surface area contributed by atoms with Crippen molar-refractivity contribution in [3.05, 3.63) is 0 Å². The summed E-state index contributed by atoms with van der Waals surface area (Å²) in [5.74, 6) is -4.84. The van der Waals surface area contributed by atoms with Gasteiger partial charge in [-0.25, -0.2) is 0 Å². The predicted molar refractivity (Wildman–Crippen MR) is 44.2 cm³/mol. The molecular formula is C9H14F6. The minimum Gasteiger partial charge on any atom is -0.170 e. The first-order chi connectivity index (χ1) is 6.46. The van der Waals surface area contributed by atoms with Gasteiger partial charge in [0.1, 0.15) is 0 Å². The van der Waals surface area contributed by atoms with E-state index in [4.69, 9.17) is 0 Å². The van der Waals surface area contributed by atoms with Crippen LogP contribution < -0.4 is 0 Å². The van der Waals surface area contributed by atoms with Gasteiger partial charge in [-0.2, -0.15) is 26.3 Å². The zero-order chi connectivity index (χ0) is 12.4. The van der Waals surface area contributed by atoms with Crippen LogP contribution >= 0.6 is 0 Å². The molecule has 0 aromatic rings. The number of rotatable bonds is 3. The van der Waals surface area contributed by atoms with Gasteiger partial charge in [0.15, 0.2) is 5.92 Å². The summed E-state index contributed by atoms with van der Waals surface area (Å²) in [4.78, 5) is 0. The van der Waals surface area contributed by atoms with E-state index >= 15 is 0 Å². The summed E-state index contributed by atoms with van der Waals surface area (Å²) in [6.07, 6.45) is -10.5. The Hall–Kier alpha value is -0.420. The Labute approximate surface area is 84.7 Å². The molecule has 0 saturated carbocycles. The molecule has 92 valence electrons. The smallest absolute Gasteiger partial charge is 0.170 e. The Kier molecular flexibility index (Phi) is 4.49. The van der Waals surface area contributed by atoms with E-state index in [0.29, 0.717) is 0 Å². The molecule has 0 rings (SSSR count). The lowest BCUT2D eigenvalue weighted by Crippen LogP contribution is -2.41. The Bertz CT molecular complexity index is 176. The van der Waals surface area contributed by atoms with Gasteiger partial charge in [-0.15, -0.1) is 0 Å². The van der Waals surface area contributed by atoms with Gasteiger partial charge in [-0.05, 0) is 18.3 Å². The van der Waals surface area contributed by atoms with Gasteiger partial charge < -0.3 is 0 Å². The minimum absolute atomic E-state index is 0.0936. The molecule has 0 aromatic heterocycles. The highest BCUT2D eigenvalue weighted by molar-refractivity contribution is 4.80. The van der Waals surface area contributed by atoms with Crippen molar-refractivity contribution in [1.29, 1.82) is 0 Å². The second-order valence-electron chi connectivity index (χ2n) is 4.17. The third kappa shape index (κ3) is 4.75. The van der Waals surface area contributed by atoms with Gasteiger partial charge in [0.25, 0.3) is 0 Å². The molecule has 0 aliphatic heterocycles. The van der Waals surface area contributed by atoms with E-state index in [-0.39, 0.29) is 12.3 Å². The summed E-state index contributed by atoms with van der Waals surface area (Å²) in [5.41, 5.74) is 0. The van der Waals surface area contributed by atoms with Gasteiger partial charge >= 0.3 is 12.4 Å². The number of hydrogen-bond acceptors (Lipinski definition) is 0. The van der Waals surface area contributed by atoms with Crippen molar-refractivity contribution in [3.8, 4) is 0 Å². The van der Waals surface area contributed by atoms with Gasteiger partial charge in [0, 0.05) is 0 Å². The largest absolute Gasteiger partial charge is 0.400 e. The highest BCUT2D eigenvalue weighted by atomic mass is 19.4. The van der Waals surface area contributed by atoms with Gasteiger partial charge in [0.05, 0.1) is 0 Å². The van der Waals surface area contributed by atoms with Gasteiger partial charge in [0.2, 0.25) is 0 Å². The summed E-state index contributed by atoms with van der Waals surface area (Å²) in [6.45, 7) is 4.19. The lowest BCUT2D eigenvalue weighted by atomic mass is 9.86. The van der Waals surface area contributed by atoms with E-state index in [2.05, 4.69) is 0 Å². The maximum Gasteiger partial charge on any atom is 0.400 e. The van der Waals surface area contributed by atoms with Gasteiger partial charge in [-0.1, -0.05) is 20.8 Å². The van der Waals surface area contributed by atoms with Crippen LogP contribution in [0.15, 0.2) is 0 Å². The monoisotopic (exact) mass is 236 g/mol. The summed E-state index contributed by atoms with van der Waals surface area (Å²) in [5, 5.41) is 0. The van der Waals surface area contributed by atoms with Crippen LogP contribution in [0.3, 0.4) is 0 Å². The molecule has 1 unspecified atom stereocenters. The molecule has 0 fully saturated rings. The molecule has 0 aliphatic carbocycles. The molecule has 0 nitrogen and oxygen atoms in total. The average molecular weight is 236 g/mol. The Morgan fingerprint density at radius 1 is 0.800 bits per heavy atom. The van der Waals surface area contributed by atoms with Gasteiger partial charge in [-0.3, -0.25) is 0 Å². The van der Waals surface area contributed by atoms with Crippen molar-refractivity contribution in [2.24, 2.45) is 17.8 Å². The third-order valence-corrected chi connectivity index (χ3v) is 2.12. The molecule has 0 saturated heterocycles. The van der Waals surface area contributed by atoms with E-state index in [9.17, 15) is 26.3 Å². The second kappa shape index (κ2) is 4.61. The Morgan fingerprint density at radius 3 is 1.33 bits per heavy atom. The molecule has 0 heterocycles. The van der Waals surface area contributed by atoms with Crippen molar-refractivity contribution in [3.63, 3.8) is 0 Å². The fourth-order valence-electron chi connectivity index (χ4n) is 1.71. The van der Waals surface area contributed by atoms with Crippen molar-refractivity contribution >= 4 is 0 Å². The molecule has 0 radical (unpaired) electrons. The van der Waals surface area contributed by atoms with E-state index < -0.39 is 24.2 Å². The molecule has 0 N–H and O–H groups in total. The topological polar surface area (TPSA) is 0 Å². The van der Waals surface area contributed by atoms with Crippen LogP contribution in [-0.4, -0.2) is 12.4 Å². The van der Waals surface area contributed by atoms with Crippen LogP contribution in [0.1, 0.15) is 27.2 Å². The molecule has 1 atom stereocenters. The number of hydrogen-bond donors (Lipinski definition) is 0. The molecule has 0 aromatic carbocycles. The number of halogens is 6. The molecule has 0 bridgehead atoms. The van der Waals surface area contributed by atoms with Crippen molar-refractivity contribution < 1.29 is 26.3 Å². The lowest BCUT2D eigenvalue weighted by Gasteiger charge is -2.29. The maximum atomic E-state index is 12.2. The normalized spacial score (nSPS) is 16.2. The standard InChI is InChI=1S/C9H14F6/c1-5(2)4-6(3)7(8(10,11)12)9(13,14)15/h5-7H,4H2,1-3H3. The van der Waals surface area contributed by atoms with E-state index in [0.717, 1.165) is 6.92 Å². The van der Waals surface area contributed by atoms with E-state index in [1.54, 1.807) is 13.8 Å². The highest BCUT2D eigenvalue weighted by Crippen LogP contribution is 2.45. The first-order valence-corrected chi connectivity index (χ1v) is 4.59. The summed E-state index contributed by atoms with van der Waals surface area (Å²) in [6, 6.07) is 0. The van der Waals surface area contributed by atoms with Crippen molar-refractivity contribution in [2.75, 3.05) is 0 Å². The van der Waals surface area contributed by atoms with Crippen molar-refractivity contribution in [1.82, 2.24) is 0 Å². The first-order valence-electron chi connectivity index (χ1n) is 4.59. The van der Waals surface area contributed by atoms with Crippen molar-refractivity contribution in [2.45, 2.75) is 39.5 Å². The Balaban J connectivity index is 4.81. The molecule has 0 amide bonds. The van der Waals surface area contributed by atoms with Crippen LogP contribution in [0, 0.1) is 17.8 Å². The first kappa shape index (κ1) is 14.6. The van der Waals surface area contributed by atoms with E-state index in [1.807, 2.05) is 0 Å². The summed E-state index contributed by atoms with van der Waals surface area (Å²) >= 11 is 0. The van der Waals surface area contributed by atoms with Crippen LogP contribution in [0.2, 0.25) is 0 Å². The maximum absolute atomic E-state index is 12.2. The molecule has 0 spiro atoms. The summed E-state index contributed by atoms with van der Waals surface area (Å²) in [7, 11) is 0.